The highest BCUT2D eigenvalue weighted by Crippen LogP contribution is 2.34. The molecule has 0 unspecified atom stereocenters. The van der Waals surface area contributed by atoms with E-state index in [0.717, 1.165) is 23.2 Å². The predicted octanol–water partition coefficient (Wildman–Crippen LogP) is 5.52. The number of carbonyl (C=O) groups is 2. The molecule has 7 nitrogen and oxygen atoms in total. The van der Waals surface area contributed by atoms with Crippen molar-refractivity contribution >= 4 is 35.4 Å². The molecular weight excluding hydrogens is 476 g/mol. The van der Waals surface area contributed by atoms with Crippen molar-refractivity contribution in [2.45, 2.75) is 32.4 Å². The summed E-state index contributed by atoms with van der Waals surface area (Å²) in [4.78, 5) is 24.2. The van der Waals surface area contributed by atoms with Gasteiger partial charge in [-0.3, -0.25) is 4.79 Å². The Morgan fingerprint density at radius 3 is 2.39 bits per heavy atom. The van der Waals surface area contributed by atoms with Crippen LogP contribution in [0.2, 0.25) is 0 Å². The van der Waals surface area contributed by atoms with E-state index in [1.54, 1.807) is 24.3 Å². The molecule has 3 aromatic carbocycles. The Kier molecular flexibility index (Phi) is 8.17. The number of anilines is 1. The molecule has 1 aliphatic rings. The van der Waals surface area contributed by atoms with Crippen LogP contribution in [-0.4, -0.2) is 29.1 Å². The zero-order chi connectivity index (χ0) is 25.5. The first-order chi connectivity index (χ1) is 17.4. The fourth-order valence-corrected chi connectivity index (χ4v) is 4.60. The molecule has 0 bridgehead atoms. The number of hydrogen-bond acceptors (Lipinski definition) is 6. The zero-order valence-electron chi connectivity index (χ0n) is 20.1. The molecule has 1 aliphatic heterocycles. The number of aryl methyl sites for hydroxylation is 1. The second kappa shape index (κ2) is 11.7. The second-order valence-corrected chi connectivity index (χ2v) is 9.25. The molecule has 4 rings (SSSR count). The van der Waals surface area contributed by atoms with E-state index in [0.29, 0.717) is 23.0 Å². The summed E-state index contributed by atoms with van der Waals surface area (Å²) in [5, 5.41) is 15.3. The summed E-state index contributed by atoms with van der Waals surface area (Å²) in [7, 11) is 0. The van der Waals surface area contributed by atoms with E-state index in [1.165, 1.54) is 17.3 Å². The molecule has 1 amide bonds. The minimum absolute atomic E-state index is 0.134. The number of nitrogens with one attached hydrogen (secondary N) is 2. The number of carbonyl (C=O) groups excluding carboxylic acids is 1. The summed E-state index contributed by atoms with van der Waals surface area (Å²) in [6, 6.07) is 20.2. The third-order valence-electron chi connectivity index (χ3n) is 5.55. The largest absolute Gasteiger partial charge is 0.490 e. The first-order valence-corrected chi connectivity index (χ1v) is 12.6. The standard InChI is InChI=1S/C28H28N2O5S/c1-3-18-7-12-22(13-8-18)29-28-30-26(31)25(36-28)16-20-9-14-23(24(15-20)34-4-2)35-17-19-5-10-21(11-6-19)27(32)33/h5-16,28-29H,3-4,17H2,1-2H3,(H,30,31)(H,32,33)/b25-16+/t28-/m0/s1. The van der Waals surface area contributed by atoms with Crippen molar-refractivity contribution in [3.8, 4) is 11.5 Å². The third kappa shape index (κ3) is 6.40. The molecular formula is C28H28N2O5S. The summed E-state index contributed by atoms with van der Waals surface area (Å²) >= 11 is 1.43. The van der Waals surface area contributed by atoms with Crippen LogP contribution in [0.15, 0.2) is 71.6 Å². The van der Waals surface area contributed by atoms with Crippen LogP contribution in [-0.2, 0) is 17.8 Å². The maximum absolute atomic E-state index is 12.5. The summed E-state index contributed by atoms with van der Waals surface area (Å²) in [5.41, 5.74) is 3.85. The summed E-state index contributed by atoms with van der Waals surface area (Å²) in [5.74, 6) is 0.0430. The number of ether oxygens (including phenoxy) is 2. The van der Waals surface area contributed by atoms with Gasteiger partial charge in [0.1, 0.15) is 6.61 Å². The van der Waals surface area contributed by atoms with Crippen LogP contribution in [0.25, 0.3) is 6.08 Å². The van der Waals surface area contributed by atoms with Gasteiger partial charge in [-0.05, 0) is 72.5 Å². The fourth-order valence-electron chi connectivity index (χ4n) is 3.61. The first-order valence-electron chi connectivity index (χ1n) is 11.7. The molecule has 0 aliphatic carbocycles. The Labute approximate surface area is 214 Å². The summed E-state index contributed by atoms with van der Waals surface area (Å²) in [6.07, 6.45) is 2.81. The van der Waals surface area contributed by atoms with Crippen molar-refractivity contribution in [1.82, 2.24) is 5.32 Å². The Morgan fingerprint density at radius 2 is 1.72 bits per heavy atom. The van der Waals surface area contributed by atoms with Crippen molar-refractivity contribution in [3.05, 3.63) is 93.9 Å². The van der Waals surface area contributed by atoms with E-state index in [2.05, 4.69) is 29.7 Å². The number of carboxylic acid groups (broad SMARTS) is 1. The van der Waals surface area contributed by atoms with Crippen molar-refractivity contribution in [2.24, 2.45) is 0 Å². The molecule has 1 heterocycles. The zero-order valence-corrected chi connectivity index (χ0v) is 20.9. The van der Waals surface area contributed by atoms with Gasteiger partial charge in [-0.2, -0.15) is 0 Å². The van der Waals surface area contributed by atoms with Crippen LogP contribution >= 0.6 is 11.8 Å². The van der Waals surface area contributed by atoms with Crippen molar-refractivity contribution in [3.63, 3.8) is 0 Å². The van der Waals surface area contributed by atoms with E-state index >= 15 is 0 Å². The lowest BCUT2D eigenvalue weighted by molar-refractivity contribution is -0.116. The maximum atomic E-state index is 12.5. The molecule has 36 heavy (non-hydrogen) atoms. The van der Waals surface area contributed by atoms with Gasteiger partial charge in [0.15, 0.2) is 17.0 Å². The molecule has 186 valence electrons. The highest BCUT2D eigenvalue weighted by molar-refractivity contribution is 8.05. The minimum atomic E-state index is -0.965. The van der Waals surface area contributed by atoms with Crippen LogP contribution in [0.3, 0.4) is 0 Å². The Bertz CT molecular complexity index is 1260. The van der Waals surface area contributed by atoms with Crippen LogP contribution in [0, 0.1) is 0 Å². The van der Waals surface area contributed by atoms with Gasteiger partial charge in [0.25, 0.3) is 5.91 Å². The molecule has 1 saturated heterocycles. The smallest absolute Gasteiger partial charge is 0.335 e. The number of thioether (sulfide) groups is 1. The molecule has 1 atom stereocenters. The number of benzene rings is 3. The Morgan fingerprint density at radius 1 is 1.00 bits per heavy atom. The number of hydrogen-bond donors (Lipinski definition) is 3. The van der Waals surface area contributed by atoms with Crippen LogP contribution in [0.1, 0.15) is 40.9 Å². The average molecular weight is 505 g/mol. The lowest BCUT2D eigenvalue weighted by Crippen LogP contribution is -2.30. The number of carboxylic acids is 1. The van der Waals surface area contributed by atoms with Gasteiger partial charge >= 0.3 is 5.97 Å². The normalized spacial score (nSPS) is 16.0. The molecule has 3 N–H and O–H groups in total. The van der Waals surface area contributed by atoms with Gasteiger partial charge in [0.05, 0.1) is 17.1 Å². The maximum Gasteiger partial charge on any atom is 0.335 e. The van der Waals surface area contributed by atoms with E-state index in [4.69, 9.17) is 14.6 Å². The summed E-state index contributed by atoms with van der Waals surface area (Å²) in [6.45, 7) is 4.74. The number of aromatic carboxylic acids is 1. The van der Waals surface area contributed by atoms with Crippen molar-refractivity contribution in [1.29, 1.82) is 0 Å². The minimum Gasteiger partial charge on any atom is -0.490 e. The molecule has 0 saturated carbocycles. The lowest BCUT2D eigenvalue weighted by atomic mass is 10.1. The van der Waals surface area contributed by atoms with Gasteiger partial charge < -0.3 is 25.2 Å². The highest BCUT2D eigenvalue weighted by Gasteiger charge is 2.27. The molecule has 0 radical (unpaired) electrons. The van der Waals surface area contributed by atoms with Crippen LogP contribution in [0.4, 0.5) is 5.69 Å². The van der Waals surface area contributed by atoms with Gasteiger partial charge in [-0.15, -0.1) is 0 Å². The van der Waals surface area contributed by atoms with Gasteiger partial charge in [0.2, 0.25) is 0 Å². The van der Waals surface area contributed by atoms with Crippen LogP contribution < -0.4 is 20.1 Å². The van der Waals surface area contributed by atoms with Crippen molar-refractivity contribution in [2.75, 3.05) is 11.9 Å². The molecule has 3 aromatic rings. The van der Waals surface area contributed by atoms with E-state index in [-0.39, 0.29) is 23.6 Å². The van der Waals surface area contributed by atoms with E-state index in [9.17, 15) is 9.59 Å². The number of rotatable bonds is 10. The molecule has 0 spiro atoms. The van der Waals surface area contributed by atoms with E-state index < -0.39 is 5.97 Å². The summed E-state index contributed by atoms with van der Waals surface area (Å²) < 4.78 is 11.7. The fraction of sp³-hybridized carbons (Fsp3) is 0.214. The average Bonchev–Trinajstić information content (AvgIpc) is 3.22. The highest BCUT2D eigenvalue weighted by atomic mass is 32.2. The SMILES string of the molecule is CCOc1cc(/C=C2/S[C@@H](Nc3ccc(CC)cc3)NC2=O)ccc1OCc1ccc(C(=O)O)cc1. The van der Waals surface area contributed by atoms with Gasteiger partial charge in [0, 0.05) is 5.69 Å². The van der Waals surface area contributed by atoms with Gasteiger partial charge in [-0.1, -0.05) is 49.0 Å². The topological polar surface area (TPSA) is 96.9 Å². The Hall–Kier alpha value is -3.91. The Balaban J connectivity index is 1.43. The molecule has 1 fully saturated rings. The predicted molar refractivity (Wildman–Crippen MR) is 142 cm³/mol. The van der Waals surface area contributed by atoms with Crippen LogP contribution in [0.5, 0.6) is 11.5 Å². The molecule has 8 heteroatoms. The number of amides is 1. The first kappa shape index (κ1) is 25.2. The van der Waals surface area contributed by atoms with E-state index in [1.807, 2.05) is 43.3 Å². The molecule has 0 aromatic heterocycles. The second-order valence-electron chi connectivity index (χ2n) is 8.10. The van der Waals surface area contributed by atoms with Gasteiger partial charge in [-0.25, -0.2) is 4.79 Å². The monoisotopic (exact) mass is 504 g/mol. The lowest BCUT2D eigenvalue weighted by Gasteiger charge is -2.13. The third-order valence-corrected chi connectivity index (χ3v) is 6.58. The quantitative estimate of drug-likeness (QED) is 0.313. The van der Waals surface area contributed by atoms with Crippen molar-refractivity contribution < 1.29 is 24.2 Å².